The second-order valence-electron chi connectivity index (χ2n) is 5.29. The van der Waals surface area contributed by atoms with E-state index in [-0.39, 0.29) is 5.75 Å². The molecule has 0 atom stereocenters. The number of halogens is 1. The number of nitrogens with zero attached hydrogens (tertiary/aromatic N) is 2. The van der Waals surface area contributed by atoms with Gasteiger partial charge in [0.05, 0.1) is 0 Å². The lowest BCUT2D eigenvalue weighted by Crippen LogP contribution is -2.32. The number of rotatable bonds is 4. The number of benzene rings is 1. The fourth-order valence-electron chi connectivity index (χ4n) is 2.51. The Kier molecular flexibility index (Phi) is 3.69. The van der Waals surface area contributed by atoms with E-state index in [1.54, 1.807) is 6.08 Å². The number of hydrogen-bond acceptors (Lipinski definition) is 4. The summed E-state index contributed by atoms with van der Waals surface area (Å²) in [6.07, 6.45) is 3.73. The second kappa shape index (κ2) is 5.11. The van der Waals surface area contributed by atoms with Gasteiger partial charge in [0, 0.05) is 17.7 Å². The molecule has 0 saturated heterocycles. The van der Waals surface area contributed by atoms with Gasteiger partial charge < -0.3 is 10.0 Å². The largest absolute Gasteiger partial charge is 0.507 e. The number of carbonyl (C=O) groups excluding carboxylic acids is 1. The third-order valence-corrected chi connectivity index (χ3v) is 3.58. The molecule has 2 rings (SSSR count). The summed E-state index contributed by atoms with van der Waals surface area (Å²) in [4.78, 5) is 16.2. The summed E-state index contributed by atoms with van der Waals surface area (Å²) in [5.41, 5.74) is 0.126. The maximum Gasteiger partial charge on any atom is 0.235 e. The van der Waals surface area contributed by atoms with E-state index in [2.05, 4.69) is 4.99 Å². The Morgan fingerprint density at radius 1 is 1.47 bits per heavy atom. The van der Waals surface area contributed by atoms with Gasteiger partial charge in [-0.15, -0.1) is 0 Å². The van der Waals surface area contributed by atoms with Gasteiger partial charge in [-0.1, -0.05) is 0 Å². The summed E-state index contributed by atoms with van der Waals surface area (Å²) >= 11 is 0. The Balaban J connectivity index is 2.51. The van der Waals surface area contributed by atoms with Crippen LogP contribution in [-0.4, -0.2) is 30.2 Å². The predicted octanol–water partition coefficient (Wildman–Crippen LogP) is 2.31. The molecule has 0 aromatic heterocycles. The lowest BCUT2D eigenvalue weighted by molar-refractivity contribution is 0.245. The summed E-state index contributed by atoms with van der Waals surface area (Å²) in [6, 6.07) is 2.59. The van der Waals surface area contributed by atoms with Crippen molar-refractivity contribution in [1.82, 2.24) is 4.90 Å². The molecule has 0 aliphatic heterocycles. The molecule has 1 aliphatic carbocycles. The highest BCUT2D eigenvalue weighted by Crippen LogP contribution is 2.48. The van der Waals surface area contributed by atoms with E-state index in [1.165, 1.54) is 12.1 Å². The van der Waals surface area contributed by atoms with Crippen molar-refractivity contribution in [2.24, 2.45) is 4.99 Å². The van der Waals surface area contributed by atoms with Crippen LogP contribution in [0.3, 0.4) is 0 Å². The van der Waals surface area contributed by atoms with Gasteiger partial charge in [0.25, 0.3) is 0 Å². The van der Waals surface area contributed by atoms with Crippen LogP contribution in [0.5, 0.6) is 5.75 Å². The van der Waals surface area contributed by atoms with Crippen molar-refractivity contribution < 1.29 is 14.3 Å². The average molecular weight is 264 g/mol. The molecule has 4 nitrogen and oxygen atoms in total. The van der Waals surface area contributed by atoms with Gasteiger partial charge in [0.1, 0.15) is 17.1 Å². The van der Waals surface area contributed by atoms with Crippen LogP contribution < -0.4 is 0 Å². The van der Waals surface area contributed by atoms with Gasteiger partial charge in [-0.2, -0.15) is 4.99 Å². The van der Waals surface area contributed by atoms with Crippen molar-refractivity contribution in [2.75, 3.05) is 14.1 Å². The monoisotopic (exact) mass is 264 g/mol. The molecule has 1 saturated carbocycles. The third kappa shape index (κ3) is 2.53. The van der Waals surface area contributed by atoms with Gasteiger partial charge in [-0.05, 0) is 45.5 Å². The second-order valence-corrected chi connectivity index (χ2v) is 5.29. The minimum absolute atomic E-state index is 0.0359. The maximum absolute atomic E-state index is 13.7. The van der Waals surface area contributed by atoms with Crippen molar-refractivity contribution in [3.05, 3.63) is 29.1 Å². The van der Waals surface area contributed by atoms with Crippen LogP contribution in [0.4, 0.5) is 4.39 Å². The molecule has 1 N–H and O–H groups in total. The van der Waals surface area contributed by atoms with E-state index in [0.717, 1.165) is 6.42 Å². The zero-order valence-corrected chi connectivity index (χ0v) is 11.1. The summed E-state index contributed by atoms with van der Waals surface area (Å²) in [5, 5.41) is 10.3. The molecule has 1 aromatic rings. The highest BCUT2D eigenvalue weighted by Gasteiger charge is 2.41. The topological polar surface area (TPSA) is 52.9 Å². The van der Waals surface area contributed by atoms with E-state index in [1.807, 2.05) is 19.0 Å². The summed E-state index contributed by atoms with van der Waals surface area (Å²) in [6.45, 7) is 0.428. The number of phenolic OH excluding ortho intramolecular Hbond substituents is 1. The molecular weight excluding hydrogens is 247 g/mol. The standard InChI is InChI=1S/C14H17FN2O2/c1-17(2)8-10-6-11(15)7-12(13(10)19)14(16-9-18)4-3-5-14/h6-7,19H,3-5,8H2,1-2H3. The Hall–Kier alpha value is -1.71. The number of isocyanates is 1. The lowest BCUT2D eigenvalue weighted by atomic mass is 9.71. The van der Waals surface area contributed by atoms with E-state index >= 15 is 0 Å². The first-order chi connectivity index (χ1) is 8.98. The molecule has 0 heterocycles. The fraction of sp³-hybridized carbons (Fsp3) is 0.500. The maximum atomic E-state index is 13.7. The Morgan fingerprint density at radius 2 is 2.16 bits per heavy atom. The van der Waals surface area contributed by atoms with Gasteiger partial charge in [-0.25, -0.2) is 9.18 Å². The quantitative estimate of drug-likeness (QED) is 0.670. The van der Waals surface area contributed by atoms with Crippen molar-refractivity contribution in [3.63, 3.8) is 0 Å². The normalized spacial score (nSPS) is 16.8. The van der Waals surface area contributed by atoms with E-state index in [4.69, 9.17) is 0 Å². The molecular formula is C14H17FN2O2. The van der Waals surface area contributed by atoms with Crippen molar-refractivity contribution >= 4 is 6.08 Å². The van der Waals surface area contributed by atoms with Crippen LogP contribution in [0.2, 0.25) is 0 Å². The van der Waals surface area contributed by atoms with Gasteiger partial charge in [0.2, 0.25) is 6.08 Å². The highest BCUT2D eigenvalue weighted by molar-refractivity contribution is 5.48. The Morgan fingerprint density at radius 3 is 2.63 bits per heavy atom. The molecule has 102 valence electrons. The number of phenols is 1. The van der Waals surface area contributed by atoms with Gasteiger partial charge >= 0.3 is 0 Å². The third-order valence-electron chi connectivity index (χ3n) is 3.58. The van der Waals surface area contributed by atoms with E-state index in [9.17, 15) is 14.3 Å². The van der Waals surface area contributed by atoms with Crippen LogP contribution >= 0.6 is 0 Å². The fourth-order valence-corrected chi connectivity index (χ4v) is 2.51. The van der Waals surface area contributed by atoms with Crippen molar-refractivity contribution in [2.45, 2.75) is 31.3 Å². The van der Waals surface area contributed by atoms with Gasteiger partial charge in [-0.3, -0.25) is 0 Å². The zero-order valence-electron chi connectivity index (χ0n) is 11.1. The number of aromatic hydroxyl groups is 1. The van der Waals surface area contributed by atoms with E-state index in [0.29, 0.717) is 30.5 Å². The molecule has 19 heavy (non-hydrogen) atoms. The average Bonchev–Trinajstić information content (AvgIpc) is 2.27. The smallest absolute Gasteiger partial charge is 0.235 e. The zero-order chi connectivity index (χ0) is 14.0. The Labute approximate surface area is 111 Å². The first-order valence-corrected chi connectivity index (χ1v) is 6.24. The van der Waals surface area contributed by atoms with Crippen LogP contribution in [0.15, 0.2) is 17.1 Å². The minimum atomic E-state index is -0.783. The first-order valence-electron chi connectivity index (χ1n) is 6.24. The number of aliphatic imine (C=N–C) groups is 1. The molecule has 1 aromatic carbocycles. The van der Waals surface area contributed by atoms with Crippen LogP contribution in [0.1, 0.15) is 30.4 Å². The van der Waals surface area contributed by atoms with Gasteiger partial charge in [0.15, 0.2) is 0 Å². The molecule has 5 heteroatoms. The summed E-state index contributed by atoms with van der Waals surface area (Å²) in [5.74, 6) is -0.383. The highest BCUT2D eigenvalue weighted by atomic mass is 19.1. The first kappa shape index (κ1) is 13.7. The van der Waals surface area contributed by atoms with Crippen molar-refractivity contribution in [1.29, 1.82) is 0 Å². The minimum Gasteiger partial charge on any atom is -0.507 e. The van der Waals surface area contributed by atoms with Crippen LogP contribution in [-0.2, 0) is 16.9 Å². The molecule has 0 bridgehead atoms. The molecule has 1 fully saturated rings. The SMILES string of the molecule is CN(C)Cc1cc(F)cc(C2(N=C=O)CCC2)c1O. The van der Waals surface area contributed by atoms with E-state index < -0.39 is 11.4 Å². The van der Waals surface area contributed by atoms with Crippen LogP contribution in [0.25, 0.3) is 0 Å². The molecule has 0 spiro atoms. The number of hydrogen-bond donors (Lipinski definition) is 1. The predicted molar refractivity (Wildman–Crippen MR) is 69.1 cm³/mol. The molecule has 0 unspecified atom stereocenters. The summed E-state index contributed by atoms with van der Waals surface area (Å²) in [7, 11) is 3.68. The lowest BCUT2D eigenvalue weighted by Gasteiger charge is -2.37. The molecule has 0 radical (unpaired) electrons. The molecule has 0 amide bonds. The molecule has 1 aliphatic rings. The van der Waals surface area contributed by atoms with Crippen LogP contribution in [0, 0.1) is 5.82 Å². The van der Waals surface area contributed by atoms with Crippen molar-refractivity contribution in [3.8, 4) is 5.75 Å². The Bertz CT molecular complexity index is 532. The summed E-state index contributed by atoms with van der Waals surface area (Å²) < 4.78 is 13.7.